The van der Waals surface area contributed by atoms with Crippen LogP contribution in [0, 0.1) is 6.07 Å². The number of rotatable bonds is 6. The molecule has 0 bridgehead atoms. The first-order valence-corrected chi connectivity index (χ1v) is 7.06. The summed E-state index contributed by atoms with van der Waals surface area (Å²) in [6, 6.07) is 16.2. The van der Waals surface area contributed by atoms with E-state index in [2.05, 4.69) is 11.1 Å². The number of aliphatic hydroxyl groups is 2. The zero-order valence-corrected chi connectivity index (χ0v) is 15.1. The first kappa shape index (κ1) is 19.2. The van der Waals surface area contributed by atoms with Crippen molar-refractivity contribution in [2.24, 2.45) is 0 Å². The molecule has 4 nitrogen and oxygen atoms in total. The summed E-state index contributed by atoms with van der Waals surface area (Å²) in [7, 11) is 0. The third-order valence-corrected chi connectivity index (χ3v) is 3.05. The molecule has 123 valence electrons. The number of pyridine rings is 1. The third-order valence-electron chi connectivity index (χ3n) is 3.05. The Morgan fingerprint density at radius 3 is 2.74 bits per heavy atom. The number of aliphatic hydroxyl groups excluding tert-OH is 2. The molecule has 1 radical (unpaired) electrons. The summed E-state index contributed by atoms with van der Waals surface area (Å²) in [4.78, 5) is 15.4. The average Bonchev–Trinajstić information content (AvgIpc) is 2.47. The average molecular weight is 489 g/mol. The van der Waals surface area contributed by atoms with Crippen molar-refractivity contribution in [3.05, 3.63) is 66.1 Å². The summed E-state index contributed by atoms with van der Waals surface area (Å²) in [5.41, 5.74) is 2.39. The van der Waals surface area contributed by atoms with E-state index < -0.39 is 6.10 Å². The maximum atomic E-state index is 10.9. The van der Waals surface area contributed by atoms with E-state index >= 15 is 0 Å². The SMILES string of the molecule is CC(=O)/C=C(\O)CC(O)Cc1cccc(-c2[c-]cccc2)n1.[Ir]. The predicted molar refractivity (Wildman–Crippen MR) is 84.2 cm³/mol. The molecule has 0 saturated heterocycles. The first-order valence-electron chi connectivity index (χ1n) is 7.06. The van der Waals surface area contributed by atoms with E-state index in [1.165, 1.54) is 6.92 Å². The summed E-state index contributed by atoms with van der Waals surface area (Å²) in [5.74, 6) is -0.364. The van der Waals surface area contributed by atoms with Crippen LogP contribution in [0.2, 0.25) is 0 Å². The van der Waals surface area contributed by atoms with Crippen LogP contribution >= 0.6 is 0 Å². The van der Waals surface area contributed by atoms with E-state index in [1.54, 1.807) is 0 Å². The fourth-order valence-electron chi connectivity index (χ4n) is 2.14. The normalized spacial score (nSPS) is 12.3. The molecule has 0 aliphatic heterocycles. The second kappa shape index (κ2) is 9.36. The van der Waals surface area contributed by atoms with Crippen molar-refractivity contribution in [2.45, 2.75) is 25.9 Å². The molecule has 0 aliphatic rings. The number of benzene rings is 1. The minimum absolute atomic E-state index is 0. The fraction of sp³-hybridized carbons (Fsp3) is 0.222. The molecule has 0 fully saturated rings. The Labute approximate surface area is 149 Å². The Balaban J connectivity index is 0.00000264. The Bertz CT molecular complexity index is 671. The number of carbonyl (C=O) groups excluding carboxylic acids is 1. The molecule has 1 aromatic heterocycles. The Hall–Kier alpha value is -1.81. The molecular formula is C18H18IrNO3-. The molecular weight excluding hydrogens is 470 g/mol. The molecule has 0 amide bonds. The van der Waals surface area contributed by atoms with Gasteiger partial charge in [0.05, 0.1) is 11.9 Å². The van der Waals surface area contributed by atoms with Gasteiger partial charge in [-0.15, -0.1) is 35.9 Å². The van der Waals surface area contributed by atoms with E-state index in [0.717, 1.165) is 23.0 Å². The Morgan fingerprint density at radius 1 is 1.30 bits per heavy atom. The Morgan fingerprint density at radius 2 is 2.09 bits per heavy atom. The molecule has 0 spiro atoms. The molecule has 5 heteroatoms. The largest absolute Gasteiger partial charge is 0.512 e. The Kier molecular flexibility index (Phi) is 7.82. The van der Waals surface area contributed by atoms with Crippen LogP contribution in [0.1, 0.15) is 19.0 Å². The number of hydrogen-bond donors (Lipinski definition) is 2. The summed E-state index contributed by atoms with van der Waals surface area (Å²) < 4.78 is 0. The second-order valence-electron chi connectivity index (χ2n) is 5.10. The van der Waals surface area contributed by atoms with Gasteiger partial charge in [0.2, 0.25) is 0 Å². The number of nitrogens with zero attached hydrogens (tertiary/aromatic N) is 1. The van der Waals surface area contributed by atoms with Gasteiger partial charge in [0, 0.05) is 44.7 Å². The first-order chi connectivity index (χ1) is 10.5. The fourth-order valence-corrected chi connectivity index (χ4v) is 2.14. The van der Waals surface area contributed by atoms with E-state index in [0.29, 0.717) is 6.42 Å². The summed E-state index contributed by atoms with van der Waals surface area (Å²) in [6.45, 7) is 1.35. The molecule has 0 aliphatic carbocycles. The number of ketones is 1. The standard InChI is InChI=1S/C18H18NO3.Ir/c1-13(20)10-16(21)12-17(22)11-15-8-5-9-18(19-15)14-6-3-2-4-7-14;/h2-6,8-10,17,21-22H,11-12H2,1H3;/q-1;/b16-10-;. The molecule has 2 aromatic rings. The van der Waals surface area contributed by atoms with Crippen molar-refractivity contribution in [3.63, 3.8) is 0 Å². The maximum Gasteiger partial charge on any atom is 0.155 e. The molecule has 0 saturated carbocycles. The van der Waals surface area contributed by atoms with Crippen LogP contribution in [0.5, 0.6) is 0 Å². The van der Waals surface area contributed by atoms with Gasteiger partial charge >= 0.3 is 0 Å². The molecule has 1 unspecified atom stereocenters. The molecule has 1 atom stereocenters. The van der Waals surface area contributed by atoms with Crippen LogP contribution in [0.3, 0.4) is 0 Å². The van der Waals surface area contributed by atoms with Crippen molar-refractivity contribution < 1.29 is 35.1 Å². The third kappa shape index (κ3) is 6.45. The smallest absolute Gasteiger partial charge is 0.155 e. The molecule has 2 N–H and O–H groups in total. The molecule has 2 rings (SSSR count). The van der Waals surface area contributed by atoms with E-state index in [4.69, 9.17) is 0 Å². The van der Waals surface area contributed by atoms with Crippen molar-refractivity contribution in [1.29, 1.82) is 0 Å². The second-order valence-corrected chi connectivity index (χ2v) is 5.10. The van der Waals surface area contributed by atoms with Gasteiger partial charge in [0.1, 0.15) is 0 Å². The van der Waals surface area contributed by atoms with E-state index in [9.17, 15) is 15.0 Å². The topological polar surface area (TPSA) is 70.4 Å². The van der Waals surface area contributed by atoms with Gasteiger partial charge in [0.25, 0.3) is 0 Å². The van der Waals surface area contributed by atoms with Crippen LogP contribution < -0.4 is 0 Å². The number of allylic oxidation sites excluding steroid dienone is 1. The van der Waals surface area contributed by atoms with Gasteiger partial charge in [-0.05, 0) is 18.7 Å². The van der Waals surface area contributed by atoms with Crippen LogP contribution in [0.25, 0.3) is 11.3 Å². The van der Waals surface area contributed by atoms with Gasteiger partial charge < -0.3 is 15.2 Å². The van der Waals surface area contributed by atoms with Crippen molar-refractivity contribution in [2.75, 3.05) is 0 Å². The van der Waals surface area contributed by atoms with Gasteiger partial charge in [-0.25, -0.2) is 0 Å². The quantitative estimate of drug-likeness (QED) is 0.373. The monoisotopic (exact) mass is 489 g/mol. The van der Waals surface area contributed by atoms with Crippen molar-refractivity contribution in [3.8, 4) is 11.3 Å². The number of hydrogen-bond acceptors (Lipinski definition) is 4. The minimum Gasteiger partial charge on any atom is -0.512 e. The van der Waals surface area contributed by atoms with Gasteiger partial charge in [-0.1, -0.05) is 12.1 Å². The summed E-state index contributed by atoms with van der Waals surface area (Å²) in [6.07, 6.45) is 0.656. The number of aromatic nitrogens is 1. The predicted octanol–water partition coefficient (Wildman–Crippen LogP) is 2.87. The minimum atomic E-state index is -0.793. The molecule has 1 heterocycles. The van der Waals surface area contributed by atoms with E-state index in [-0.39, 0.29) is 38.1 Å². The summed E-state index contributed by atoms with van der Waals surface area (Å²) >= 11 is 0. The maximum absolute atomic E-state index is 10.9. The summed E-state index contributed by atoms with van der Waals surface area (Å²) in [5, 5.41) is 19.5. The van der Waals surface area contributed by atoms with Crippen LogP contribution in [-0.4, -0.2) is 27.1 Å². The van der Waals surface area contributed by atoms with Crippen molar-refractivity contribution in [1.82, 2.24) is 4.98 Å². The van der Waals surface area contributed by atoms with Gasteiger partial charge in [0.15, 0.2) is 5.78 Å². The molecule has 23 heavy (non-hydrogen) atoms. The van der Waals surface area contributed by atoms with Crippen LogP contribution in [0.4, 0.5) is 0 Å². The zero-order chi connectivity index (χ0) is 15.9. The zero-order valence-electron chi connectivity index (χ0n) is 12.7. The van der Waals surface area contributed by atoms with Crippen LogP contribution in [-0.2, 0) is 31.3 Å². The van der Waals surface area contributed by atoms with Crippen LogP contribution in [0.15, 0.2) is 54.3 Å². The van der Waals surface area contributed by atoms with Crippen molar-refractivity contribution >= 4 is 5.78 Å². The molecule has 1 aromatic carbocycles. The number of carbonyl (C=O) groups is 1. The van der Waals surface area contributed by atoms with E-state index in [1.807, 2.05) is 42.5 Å². The van der Waals surface area contributed by atoms with Gasteiger partial charge in [-0.3, -0.25) is 4.79 Å². The van der Waals surface area contributed by atoms with Gasteiger partial charge in [-0.2, -0.15) is 0 Å².